The minimum atomic E-state index is -0.381. The molecule has 0 aliphatic carbocycles. The van der Waals surface area contributed by atoms with Crippen LogP contribution in [0.5, 0.6) is 0 Å². The Bertz CT molecular complexity index is 377. The van der Waals surface area contributed by atoms with Crippen molar-refractivity contribution in [2.45, 2.75) is 51.5 Å². The van der Waals surface area contributed by atoms with Gasteiger partial charge in [0.25, 0.3) is 0 Å². The van der Waals surface area contributed by atoms with Crippen molar-refractivity contribution in [3.05, 3.63) is 35.9 Å². The van der Waals surface area contributed by atoms with Crippen LogP contribution in [0.4, 0.5) is 0 Å². The van der Waals surface area contributed by atoms with Crippen LogP contribution in [0.1, 0.15) is 38.7 Å². The molecule has 1 fully saturated rings. The van der Waals surface area contributed by atoms with Gasteiger partial charge < -0.3 is 9.83 Å². The quantitative estimate of drug-likeness (QED) is 0.791. The summed E-state index contributed by atoms with van der Waals surface area (Å²) in [5, 5.41) is 9.95. The Morgan fingerprint density at radius 1 is 1.29 bits per heavy atom. The summed E-state index contributed by atoms with van der Waals surface area (Å²) in [6, 6.07) is 11.0. The maximum absolute atomic E-state index is 9.95. The SMILES string of the molecule is CB(O)N1[C@@H](C)C(c2ccccc2)CC1(C)C. The molecule has 1 aromatic carbocycles. The molecule has 1 saturated heterocycles. The summed E-state index contributed by atoms with van der Waals surface area (Å²) >= 11 is 0. The fourth-order valence-electron chi connectivity index (χ4n) is 3.50. The first-order chi connectivity index (χ1) is 7.93. The number of hydrogen-bond acceptors (Lipinski definition) is 2. The van der Waals surface area contributed by atoms with Gasteiger partial charge in [0.15, 0.2) is 0 Å². The Kier molecular flexibility index (Phi) is 3.33. The molecule has 92 valence electrons. The molecule has 1 aromatic rings. The van der Waals surface area contributed by atoms with Gasteiger partial charge in [-0.05, 0) is 45.5 Å². The summed E-state index contributed by atoms with van der Waals surface area (Å²) in [7, 11) is -0.381. The van der Waals surface area contributed by atoms with E-state index in [2.05, 4.69) is 55.9 Å². The first-order valence-electron chi connectivity index (χ1n) is 6.45. The van der Waals surface area contributed by atoms with E-state index >= 15 is 0 Å². The second kappa shape index (κ2) is 4.47. The van der Waals surface area contributed by atoms with Crippen LogP contribution in [-0.2, 0) is 0 Å². The molecule has 0 amide bonds. The smallest absolute Gasteiger partial charge is 0.377 e. The zero-order valence-electron chi connectivity index (χ0n) is 11.2. The lowest BCUT2D eigenvalue weighted by molar-refractivity contribution is 0.221. The van der Waals surface area contributed by atoms with Gasteiger partial charge in [0.2, 0.25) is 0 Å². The van der Waals surface area contributed by atoms with Crippen LogP contribution in [0, 0.1) is 0 Å². The molecule has 17 heavy (non-hydrogen) atoms. The van der Waals surface area contributed by atoms with Gasteiger partial charge in [-0.25, -0.2) is 0 Å². The van der Waals surface area contributed by atoms with Crippen molar-refractivity contribution < 1.29 is 5.02 Å². The van der Waals surface area contributed by atoms with E-state index < -0.39 is 0 Å². The topological polar surface area (TPSA) is 23.5 Å². The number of nitrogens with zero attached hydrogens (tertiary/aromatic N) is 1. The molecular weight excluding hydrogens is 209 g/mol. The Labute approximate surface area is 105 Å². The molecule has 0 bridgehead atoms. The van der Waals surface area contributed by atoms with Gasteiger partial charge in [0.05, 0.1) is 0 Å². The van der Waals surface area contributed by atoms with E-state index in [1.807, 2.05) is 6.82 Å². The fraction of sp³-hybridized carbons (Fsp3) is 0.571. The van der Waals surface area contributed by atoms with E-state index in [1.165, 1.54) is 5.56 Å². The minimum absolute atomic E-state index is 0.0636. The lowest BCUT2D eigenvalue weighted by Crippen LogP contribution is -2.50. The number of benzene rings is 1. The molecule has 1 aliphatic rings. The molecule has 3 heteroatoms. The van der Waals surface area contributed by atoms with E-state index in [-0.39, 0.29) is 12.6 Å². The lowest BCUT2D eigenvalue weighted by Gasteiger charge is -2.35. The molecule has 0 radical (unpaired) electrons. The van der Waals surface area contributed by atoms with Crippen LogP contribution in [0.15, 0.2) is 30.3 Å². The predicted molar refractivity (Wildman–Crippen MR) is 73.0 cm³/mol. The highest BCUT2D eigenvalue weighted by Gasteiger charge is 2.46. The molecular formula is C14H22BNO. The Morgan fingerprint density at radius 3 is 2.35 bits per heavy atom. The van der Waals surface area contributed by atoms with E-state index in [0.29, 0.717) is 12.0 Å². The number of rotatable bonds is 2. The van der Waals surface area contributed by atoms with E-state index in [9.17, 15) is 5.02 Å². The highest BCUT2D eigenvalue weighted by molar-refractivity contribution is 6.45. The Hall–Kier alpha value is -0.795. The molecule has 1 aliphatic heterocycles. The average Bonchev–Trinajstić information content (AvgIpc) is 2.50. The predicted octanol–water partition coefficient (Wildman–Crippen LogP) is 2.75. The van der Waals surface area contributed by atoms with E-state index in [1.54, 1.807) is 0 Å². The lowest BCUT2D eigenvalue weighted by atomic mass is 9.80. The summed E-state index contributed by atoms with van der Waals surface area (Å²) in [5.74, 6) is 0.515. The van der Waals surface area contributed by atoms with Crippen molar-refractivity contribution in [2.75, 3.05) is 0 Å². The van der Waals surface area contributed by atoms with Crippen LogP contribution >= 0.6 is 0 Å². The summed E-state index contributed by atoms with van der Waals surface area (Å²) in [6.45, 7) is 8.53. The van der Waals surface area contributed by atoms with Crippen LogP contribution in [0.3, 0.4) is 0 Å². The standard InChI is InChI=1S/C14H22BNO/c1-11-13(12-8-6-5-7-9-12)10-14(2,3)16(11)15(4)17/h5-9,11,13,17H,10H2,1-4H3/t11-,13?/m0/s1. The van der Waals surface area contributed by atoms with Crippen LogP contribution < -0.4 is 0 Å². The maximum atomic E-state index is 9.95. The minimum Gasteiger partial charge on any atom is -0.437 e. The average molecular weight is 231 g/mol. The summed E-state index contributed by atoms with van der Waals surface area (Å²) in [4.78, 5) is 2.23. The fourth-order valence-corrected chi connectivity index (χ4v) is 3.50. The molecule has 0 saturated carbocycles. The number of hydrogen-bond donors (Lipinski definition) is 1. The van der Waals surface area contributed by atoms with Gasteiger partial charge in [-0.15, -0.1) is 0 Å². The van der Waals surface area contributed by atoms with Gasteiger partial charge >= 0.3 is 7.05 Å². The zero-order chi connectivity index (χ0) is 12.6. The highest BCUT2D eigenvalue weighted by Crippen LogP contribution is 2.43. The van der Waals surface area contributed by atoms with Crippen LogP contribution in [0.2, 0.25) is 6.82 Å². The Balaban J connectivity index is 2.29. The second-order valence-corrected chi connectivity index (χ2v) is 5.81. The normalized spacial score (nSPS) is 28.3. The highest BCUT2D eigenvalue weighted by atomic mass is 16.2. The molecule has 1 unspecified atom stereocenters. The second-order valence-electron chi connectivity index (χ2n) is 5.81. The molecule has 0 aromatic heterocycles. The van der Waals surface area contributed by atoms with Gasteiger partial charge in [-0.3, -0.25) is 0 Å². The van der Waals surface area contributed by atoms with E-state index in [0.717, 1.165) is 6.42 Å². The van der Waals surface area contributed by atoms with Crippen molar-refractivity contribution in [1.82, 2.24) is 4.81 Å². The third-order valence-corrected chi connectivity index (χ3v) is 4.07. The molecule has 1 heterocycles. The third kappa shape index (κ3) is 2.27. The molecule has 2 rings (SSSR count). The van der Waals surface area contributed by atoms with Gasteiger partial charge in [-0.2, -0.15) is 0 Å². The zero-order valence-corrected chi connectivity index (χ0v) is 11.2. The molecule has 1 N–H and O–H groups in total. The first-order valence-corrected chi connectivity index (χ1v) is 6.45. The Morgan fingerprint density at radius 2 is 1.88 bits per heavy atom. The first kappa shape index (κ1) is 12.7. The van der Waals surface area contributed by atoms with Gasteiger partial charge in [-0.1, -0.05) is 30.3 Å². The van der Waals surface area contributed by atoms with E-state index in [4.69, 9.17) is 0 Å². The van der Waals surface area contributed by atoms with Crippen molar-refractivity contribution in [1.29, 1.82) is 0 Å². The van der Waals surface area contributed by atoms with Crippen molar-refractivity contribution in [2.24, 2.45) is 0 Å². The molecule has 0 spiro atoms. The van der Waals surface area contributed by atoms with Crippen molar-refractivity contribution >= 4 is 7.05 Å². The molecule has 2 nitrogen and oxygen atoms in total. The maximum Gasteiger partial charge on any atom is 0.377 e. The van der Waals surface area contributed by atoms with Gasteiger partial charge in [0.1, 0.15) is 0 Å². The molecule has 2 atom stereocenters. The monoisotopic (exact) mass is 231 g/mol. The summed E-state index contributed by atoms with van der Waals surface area (Å²) in [6.07, 6.45) is 1.10. The summed E-state index contributed by atoms with van der Waals surface area (Å²) in [5.41, 5.74) is 1.45. The van der Waals surface area contributed by atoms with Crippen LogP contribution in [0.25, 0.3) is 0 Å². The van der Waals surface area contributed by atoms with Crippen LogP contribution in [-0.4, -0.2) is 28.5 Å². The van der Waals surface area contributed by atoms with Gasteiger partial charge in [0, 0.05) is 11.6 Å². The third-order valence-electron chi connectivity index (χ3n) is 4.07. The van der Waals surface area contributed by atoms with Crippen molar-refractivity contribution in [3.8, 4) is 0 Å². The largest absolute Gasteiger partial charge is 0.437 e. The van der Waals surface area contributed by atoms with Crippen molar-refractivity contribution in [3.63, 3.8) is 0 Å². The summed E-state index contributed by atoms with van der Waals surface area (Å²) < 4.78 is 0.